The molecule has 0 unspecified atom stereocenters. The lowest BCUT2D eigenvalue weighted by Gasteiger charge is -2.19. The Balaban J connectivity index is 1.42. The fourth-order valence-electron chi connectivity index (χ4n) is 6.82. The molecular formula is C40H24O2. The minimum Gasteiger partial charge on any atom is -0.464 e. The molecule has 9 aromatic rings. The lowest BCUT2D eigenvalue weighted by Crippen LogP contribution is -1.92. The van der Waals surface area contributed by atoms with E-state index in [1.54, 1.807) is 6.26 Å². The molecule has 0 saturated carbocycles. The number of hydrogen-bond donors (Lipinski definition) is 0. The molecule has 0 aliphatic carbocycles. The molecule has 7 aromatic carbocycles. The summed E-state index contributed by atoms with van der Waals surface area (Å²) in [5.41, 5.74) is 9.84. The summed E-state index contributed by atoms with van der Waals surface area (Å²) >= 11 is 0. The molecular weight excluding hydrogens is 512 g/mol. The highest BCUT2D eigenvalue weighted by Crippen LogP contribution is 2.48. The smallest absolute Gasteiger partial charge is 0.143 e. The van der Waals surface area contributed by atoms with Gasteiger partial charge in [0.05, 0.1) is 6.26 Å². The summed E-state index contributed by atoms with van der Waals surface area (Å²) in [5, 5.41) is 8.12. The Hall–Kier alpha value is -5.60. The Bertz CT molecular complexity index is 2400. The maximum Gasteiger partial charge on any atom is 0.143 e. The fraction of sp³-hybridized carbons (Fsp3) is 0. The average Bonchev–Trinajstić information content (AvgIpc) is 3.69. The first-order valence-corrected chi connectivity index (χ1v) is 14.3. The minimum atomic E-state index is 0.868. The Morgan fingerprint density at radius 2 is 0.905 bits per heavy atom. The molecule has 2 nitrogen and oxygen atoms in total. The first kappa shape index (κ1) is 23.1. The lowest BCUT2D eigenvalue weighted by molar-refractivity contribution is 0.615. The van der Waals surface area contributed by atoms with Crippen LogP contribution in [-0.2, 0) is 0 Å². The molecule has 0 radical (unpaired) electrons. The van der Waals surface area contributed by atoms with Gasteiger partial charge in [0, 0.05) is 27.3 Å². The summed E-state index contributed by atoms with van der Waals surface area (Å²) < 4.78 is 12.4. The predicted octanol–water partition coefficient (Wildman–Crippen LogP) is 11.6. The van der Waals surface area contributed by atoms with E-state index in [9.17, 15) is 0 Å². The van der Waals surface area contributed by atoms with Gasteiger partial charge in [-0.2, -0.15) is 0 Å². The van der Waals surface area contributed by atoms with Crippen LogP contribution in [0.4, 0.5) is 0 Å². The molecule has 0 aliphatic rings. The quantitative estimate of drug-likeness (QED) is 0.210. The minimum absolute atomic E-state index is 0.868. The topological polar surface area (TPSA) is 26.3 Å². The van der Waals surface area contributed by atoms with Crippen LogP contribution in [0.25, 0.3) is 87.8 Å². The van der Waals surface area contributed by atoms with Gasteiger partial charge < -0.3 is 8.83 Å². The summed E-state index contributed by atoms with van der Waals surface area (Å²) in [6.07, 6.45) is 1.75. The van der Waals surface area contributed by atoms with Gasteiger partial charge >= 0.3 is 0 Å². The van der Waals surface area contributed by atoms with Crippen molar-refractivity contribution in [3.8, 4) is 33.4 Å². The zero-order valence-corrected chi connectivity index (χ0v) is 22.7. The van der Waals surface area contributed by atoms with Gasteiger partial charge in [-0.15, -0.1) is 0 Å². The molecule has 0 spiro atoms. The second kappa shape index (κ2) is 8.95. The molecule has 0 atom stereocenters. The SMILES string of the molecule is c1ccc(-c2ccccc2-c2c3ccccc3c(-c3cccc4c3oc3ccc5occc5c34)c3ccccc23)cc1. The summed E-state index contributed by atoms with van der Waals surface area (Å²) in [6, 6.07) is 49.6. The van der Waals surface area contributed by atoms with Crippen molar-refractivity contribution >= 4 is 54.5 Å². The predicted molar refractivity (Wildman–Crippen MR) is 175 cm³/mol. The summed E-state index contributed by atoms with van der Waals surface area (Å²) in [7, 11) is 0. The molecule has 0 amide bonds. The van der Waals surface area contributed by atoms with Crippen LogP contribution in [0, 0.1) is 0 Å². The van der Waals surface area contributed by atoms with Gasteiger partial charge in [0.1, 0.15) is 16.7 Å². The summed E-state index contributed by atoms with van der Waals surface area (Å²) in [5.74, 6) is 0. The molecule has 9 rings (SSSR count). The first-order valence-electron chi connectivity index (χ1n) is 14.3. The Kier molecular flexibility index (Phi) is 4.93. The van der Waals surface area contributed by atoms with E-state index in [0.717, 1.165) is 38.5 Å². The number of fused-ring (bicyclic) bond motifs is 7. The van der Waals surface area contributed by atoms with Crippen molar-refractivity contribution < 1.29 is 8.83 Å². The third-order valence-corrected chi connectivity index (χ3v) is 8.58. The van der Waals surface area contributed by atoms with Crippen LogP contribution in [0.1, 0.15) is 0 Å². The van der Waals surface area contributed by atoms with E-state index in [-0.39, 0.29) is 0 Å². The van der Waals surface area contributed by atoms with Crippen LogP contribution in [0.5, 0.6) is 0 Å². The summed E-state index contributed by atoms with van der Waals surface area (Å²) in [4.78, 5) is 0. The lowest BCUT2D eigenvalue weighted by atomic mass is 9.83. The van der Waals surface area contributed by atoms with E-state index in [1.807, 2.05) is 18.2 Å². The van der Waals surface area contributed by atoms with E-state index in [4.69, 9.17) is 8.83 Å². The van der Waals surface area contributed by atoms with Crippen molar-refractivity contribution in [2.75, 3.05) is 0 Å². The van der Waals surface area contributed by atoms with Crippen molar-refractivity contribution in [3.63, 3.8) is 0 Å². The van der Waals surface area contributed by atoms with E-state index < -0.39 is 0 Å². The average molecular weight is 537 g/mol. The van der Waals surface area contributed by atoms with Crippen LogP contribution in [0.2, 0.25) is 0 Å². The van der Waals surface area contributed by atoms with Crippen molar-refractivity contribution in [3.05, 3.63) is 146 Å². The second-order valence-electron chi connectivity index (χ2n) is 10.8. The fourth-order valence-corrected chi connectivity index (χ4v) is 6.82. The molecule has 196 valence electrons. The van der Waals surface area contributed by atoms with E-state index in [2.05, 4.69) is 121 Å². The van der Waals surface area contributed by atoms with E-state index in [1.165, 1.54) is 49.4 Å². The molecule has 0 fully saturated rings. The Labute approximate surface area is 242 Å². The number of para-hydroxylation sites is 1. The summed E-state index contributed by atoms with van der Waals surface area (Å²) in [6.45, 7) is 0. The number of furan rings is 2. The van der Waals surface area contributed by atoms with Gasteiger partial charge in [0.15, 0.2) is 0 Å². The molecule has 0 bridgehead atoms. The van der Waals surface area contributed by atoms with Gasteiger partial charge in [-0.3, -0.25) is 0 Å². The van der Waals surface area contributed by atoms with Gasteiger partial charge in [0.2, 0.25) is 0 Å². The van der Waals surface area contributed by atoms with Gasteiger partial charge in [-0.05, 0) is 62.0 Å². The Morgan fingerprint density at radius 3 is 1.62 bits per heavy atom. The monoisotopic (exact) mass is 536 g/mol. The third kappa shape index (κ3) is 3.27. The van der Waals surface area contributed by atoms with E-state index in [0.29, 0.717) is 0 Å². The third-order valence-electron chi connectivity index (χ3n) is 8.58. The van der Waals surface area contributed by atoms with Crippen LogP contribution >= 0.6 is 0 Å². The van der Waals surface area contributed by atoms with Crippen LogP contribution in [0.3, 0.4) is 0 Å². The first-order chi connectivity index (χ1) is 20.9. The van der Waals surface area contributed by atoms with Crippen LogP contribution < -0.4 is 0 Å². The Morgan fingerprint density at radius 1 is 0.357 bits per heavy atom. The number of hydrogen-bond acceptors (Lipinski definition) is 2. The standard InChI is InChI=1S/C40H24O2/c1-2-11-25(12-3-1)26-13-4-5-14-27(26)37-28-15-6-8-17-30(28)38(31-18-9-7-16-29(31)37)33-19-10-20-34-39-32-23-24-41-35(32)21-22-36(39)42-40(33)34/h1-24H. The maximum absolute atomic E-state index is 6.66. The van der Waals surface area contributed by atoms with E-state index >= 15 is 0 Å². The van der Waals surface area contributed by atoms with Crippen molar-refractivity contribution in [1.29, 1.82) is 0 Å². The zero-order chi connectivity index (χ0) is 27.6. The van der Waals surface area contributed by atoms with Crippen LogP contribution in [0.15, 0.2) is 155 Å². The van der Waals surface area contributed by atoms with Crippen molar-refractivity contribution in [2.24, 2.45) is 0 Å². The molecule has 0 aliphatic heterocycles. The van der Waals surface area contributed by atoms with Gasteiger partial charge in [0.25, 0.3) is 0 Å². The maximum atomic E-state index is 6.66. The number of rotatable bonds is 3. The molecule has 2 heteroatoms. The largest absolute Gasteiger partial charge is 0.464 e. The number of benzene rings is 7. The molecule has 2 aromatic heterocycles. The van der Waals surface area contributed by atoms with Gasteiger partial charge in [-0.25, -0.2) is 0 Å². The zero-order valence-electron chi connectivity index (χ0n) is 22.7. The van der Waals surface area contributed by atoms with Crippen molar-refractivity contribution in [2.45, 2.75) is 0 Å². The second-order valence-corrected chi connectivity index (χ2v) is 10.8. The highest BCUT2D eigenvalue weighted by molar-refractivity contribution is 6.26. The molecule has 42 heavy (non-hydrogen) atoms. The molecule has 0 saturated heterocycles. The van der Waals surface area contributed by atoms with Gasteiger partial charge in [-0.1, -0.05) is 121 Å². The molecule has 0 N–H and O–H groups in total. The molecule has 2 heterocycles. The normalized spacial score (nSPS) is 11.8. The van der Waals surface area contributed by atoms with Crippen LogP contribution in [-0.4, -0.2) is 0 Å². The highest BCUT2D eigenvalue weighted by Gasteiger charge is 2.22. The highest BCUT2D eigenvalue weighted by atomic mass is 16.3. The van der Waals surface area contributed by atoms with Crippen molar-refractivity contribution in [1.82, 2.24) is 0 Å².